The second-order valence-corrected chi connectivity index (χ2v) is 4.57. The first-order valence-electron chi connectivity index (χ1n) is 5.72. The molecule has 6 heteroatoms. The zero-order valence-corrected chi connectivity index (χ0v) is 9.94. The Morgan fingerprint density at radius 1 is 1.44 bits per heavy atom. The molecule has 1 heterocycles. The van der Waals surface area contributed by atoms with Crippen LogP contribution in [0.5, 0.6) is 0 Å². The van der Waals surface area contributed by atoms with Crippen molar-refractivity contribution >= 4 is 17.3 Å². The number of aliphatic carboxylic acids is 1. The Bertz CT molecular complexity index is 489. The summed E-state index contributed by atoms with van der Waals surface area (Å²) in [5, 5.41) is 20.0. The van der Waals surface area contributed by atoms with E-state index >= 15 is 0 Å². The van der Waals surface area contributed by atoms with Gasteiger partial charge in [-0.05, 0) is 12.0 Å². The number of anilines is 1. The molecule has 96 valence electrons. The van der Waals surface area contributed by atoms with E-state index in [-0.39, 0.29) is 11.6 Å². The van der Waals surface area contributed by atoms with Gasteiger partial charge >= 0.3 is 5.97 Å². The highest BCUT2D eigenvalue weighted by atomic mass is 16.6. The maximum Gasteiger partial charge on any atom is 0.308 e. The van der Waals surface area contributed by atoms with Crippen LogP contribution in [0.1, 0.15) is 6.92 Å². The van der Waals surface area contributed by atoms with Gasteiger partial charge < -0.3 is 10.0 Å². The van der Waals surface area contributed by atoms with Crippen LogP contribution in [0.15, 0.2) is 24.3 Å². The van der Waals surface area contributed by atoms with Crippen LogP contribution in [-0.4, -0.2) is 29.1 Å². The monoisotopic (exact) mass is 250 g/mol. The minimum atomic E-state index is -0.844. The number of nitrogens with zero attached hydrogens (tertiary/aromatic N) is 2. The average Bonchev–Trinajstić information content (AvgIpc) is 2.71. The molecule has 0 radical (unpaired) electrons. The van der Waals surface area contributed by atoms with Crippen molar-refractivity contribution in [2.45, 2.75) is 6.92 Å². The number of rotatable bonds is 3. The molecule has 0 amide bonds. The molecule has 1 aliphatic heterocycles. The molecule has 1 N–H and O–H groups in total. The van der Waals surface area contributed by atoms with Crippen LogP contribution >= 0.6 is 0 Å². The Labute approximate surface area is 104 Å². The summed E-state index contributed by atoms with van der Waals surface area (Å²) in [5.74, 6) is -1.32. The zero-order valence-electron chi connectivity index (χ0n) is 9.94. The lowest BCUT2D eigenvalue weighted by Crippen LogP contribution is -2.23. The highest BCUT2D eigenvalue weighted by Gasteiger charge is 2.36. The molecule has 6 nitrogen and oxygen atoms in total. The van der Waals surface area contributed by atoms with E-state index in [1.165, 1.54) is 6.07 Å². The van der Waals surface area contributed by atoms with Gasteiger partial charge in [0.05, 0.1) is 10.8 Å². The minimum absolute atomic E-state index is 0.0117. The van der Waals surface area contributed by atoms with Gasteiger partial charge in [0.15, 0.2) is 0 Å². The van der Waals surface area contributed by atoms with Gasteiger partial charge in [0.25, 0.3) is 5.69 Å². The van der Waals surface area contributed by atoms with Crippen LogP contribution in [0.3, 0.4) is 0 Å². The SMILES string of the molecule is C[C@@H]1CN(c2ccccc2[N+](=O)[O-])C[C@H]1C(=O)O. The molecule has 2 rings (SSSR count). The van der Waals surface area contributed by atoms with Gasteiger partial charge in [0, 0.05) is 19.2 Å². The first kappa shape index (κ1) is 12.3. The van der Waals surface area contributed by atoms with Crippen molar-refractivity contribution in [2.75, 3.05) is 18.0 Å². The number of carbonyl (C=O) groups is 1. The molecule has 0 bridgehead atoms. The number of hydrogen-bond acceptors (Lipinski definition) is 4. The number of hydrogen-bond donors (Lipinski definition) is 1. The van der Waals surface area contributed by atoms with Crippen LogP contribution in [0.4, 0.5) is 11.4 Å². The van der Waals surface area contributed by atoms with Gasteiger partial charge in [-0.25, -0.2) is 0 Å². The Morgan fingerprint density at radius 2 is 2.11 bits per heavy atom. The van der Waals surface area contributed by atoms with E-state index in [0.29, 0.717) is 18.8 Å². The number of benzene rings is 1. The van der Waals surface area contributed by atoms with E-state index in [2.05, 4.69) is 0 Å². The number of carboxylic acid groups (broad SMARTS) is 1. The van der Waals surface area contributed by atoms with Crippen LogP contribution in [0.2, 0.25) is 0 Å². The average molecular weight is 250 g/mol. The maximum absolute atomic E-state index is 11.0. The predicted molar refractivity (Wildman–Crippen MR) is 65.6 cm³/mol. The van der Waals surface area contributed by atoms with Crippen LogP contribution < -0.4 is 4.90 Å². The molecule has 0 aromatic heterocycles. The van der Waals surface area contributed by atoms with E-state index in [1.54, 1.807) is 23.1 Å². The highest BCUT2D eigenvalue weighted by Crippen LogP contribution is 2.34. The molecule has 1 aliphatic rings. The normalized spacial score (nSPS) is 23.1. The summed E-state index contributed by atoms with van der Waals surface area (Å²) in [5.41, 5.74) is 0.522. The van der Waals surface area contributed by atoms with Gasteiger partial charge in [-0.3, -0.25) is 14.9 Å². The maximum atomic E-state index is 11.0. The van der Waals surface area contributed by atoms with Crippen molar-refractivity contribution in [3.05, 3.63) is 34.4 Å². The van der Waals surface area contributed by atoms with E-state index in [9.17, 15) is 14.9 Å². The lowest BCUT2D eigenvalue weighted by Gasteiger charge is -2.17. The number of carboxylic acids is 1. The third kappa shape index (κ3) is 2.13. The molecule has 1 saturated heterocycles. The van der Waals surface area contributed by atoms with Crippen molar-refractivity contribution in [1.29, 1.82) is 0 Å². The van der Waals surface area contributed by atoms with Gasteiger partial charge in [0.1, 0.15) is 5.69 Å². The predicted octanol–water partition coefficient (Wildman–Crippen LogP) is 1.75. The molecular formula is C12H14N2O4. The van der Waals surface area contributed by atoms with E-state index in [4.69, 9.17) is 5.11 Å². The number of nitro benzene ring substituents is 1. The molecule has 18 heavy (non-hydrogen) atoms. The van der Waals surface area contributed by atoms with Gasteiger partial charge in [-0.2, -0.15) is 0 Å². The fraction of sp³-hybridized carbons (Fsp3) is 0.417. The van der Waals surface area contributed by atoms with Crippen LogP contribution in [0.25, 0.3) is 0 Å². The van der Waals surface area contributed by atoms with Crippen LogP contribution in [-0.2, 0) is 4.79 Å². The summed E-state index contributed by atoms with van der Waals surface area (Å²) in [6.45, 7) is 2.71. The zero-order chi connectivity index (χ0) is 13.3. The Hall–Kier alpha value is -2.11. The van der Waals surface area contributed by atoms with Crippen molar-refractivity contribution in [1.82, 2.24) is 0 Å². The Kier molecular flexibility index (Phi) is 3.18. The van der Waals surface area contributed by atoms with Crippen molar-refractivity contribution in [3.8, 4) is 0 Å². The third-order valence-electron chi connectivity index (χ3n) is 3.35. The van der Waals surface area contributed by atoms with E-state index < -0.39 is 16.8 Å². The van der Waals surface area contributed by atoms with E-state index in [0.717, 1.165) is 0 Å². The Morgan fingerprint density at radius 3 is 2.67 bits per heavy atom. The van der Waals surface area contributed by atoms with Gasteiger partial charge in [-0.1, -0.05) is 19.1 Å². The molecule has 0 aliphatic carbocycles. The summed E-state index contributed by atoms with van der Waals surface area (Å²) >= 11 is 0. The summed E-state index contributed by atoms with van der Waals surface area (Å²) in [4.78, 5) is 23.3. The first-order valence-corrected chi connectivity index (χ1v) is 5.72. The summed E-state index contributed by atoms with van der Waals surface area (Å²) in [7, 11) is 0. The molecule has 0 saturated carbocycles. The molecular weight excluding hydrogens is 236 g/mol. The quantitative estimate of drug-likeness (QED) is 0.652. The molecule has 0 unspecified atom stereocenters. The second kappa shape index (κ2) is 4.64. The Balaban J connectivity index is 2.29. The van der Waals surface area contributed by atoms with Gasteiger partial charge in [0.2, 0.25) is 0 Å². The summed E-state index contributed by atoms with van der Waals surface area (Å²) in [6.07, 6.45) is 0. The fourth-order valence-electron chi connectivity index (χ4n) is 2.37. The summed E-state index contributed by atoms with van der Waals surface area (Å²) in [6, 6.07) is 6.43. The molecule has 1 aromatic carbocycles. The van der Waals surface area contributed by atoms with Crippen molar-refractivity contribution in [2.24, 2.45) is 11.8 Å². The second-order valence-electron chi connectivity index (χ2n) is 4.57. The summed E-state index contributed by atoms with van der Waals surface area (Å²) < 4.78 is 0. The highest BCUT2D eigenvalue weighted by molar-refractivity contribution is 5.74. The molecule has 0 spiro atoms. The third-order valence-corrected chi connectivity index (χ3v) is 3.35. The number of para-hydroxylation sites is 2. The lowest BCUT2D eigenvalue weighted by atomic mass is 9.99. The largest absolute Gasteiger partial charge is 0.481 e. The van der Waals surface area contributed by atoms with Crippen LogP contribution in [0, 0.1) is 22.0 Å². The minimum Gasteiger partial charge on any atom is -0.481 e. The molecule has 1 aromatic rings. The topological polar surface area (TPSA) is 83.7 Å². The lowest BCUT2D eigenvalue weighted by molar-refractivity contribution is -0.384. The standard InChI is InChI=1S/C12H14N2O4/c1-8-6-13(7-9(8)12(15)16)10-4-2-3-5-11(10)14(17)18/h2-5,8-9H,6-7H2,1H3,(H,15,16)/t8-,9-/m1/s1. The van der Waals surface area contributed by atoms with Gasteiger partial charge in [-0.15, -0.1) is 0 Å². The molecule has 2 atom stereocenters. The number of nitro groups is 1. The van der Waals surface area contributed by atoms with E-state index in [1.807, 2.05) is 6.92 Å². The smallest absolute Gasteiger partial charge is 0.308 e. The van der Waals surface area contributed by atoms with Crippen molar-refractivity contribution in [3.63, 3.8) is 0 Å². The fourth-order valence-corrected chi connectivity index (χ4v) is 2.37. The van der Waals surface area contributed by atoms with Crippen molar-refractivity contribution < 1.29 is 14.8 Å². The molecule has 1 fully saturated rings. The first-order chi connectivity index (χ1) is 8.50.